The Kier molecular flexibility index (Phi) is 7.54. The first-order valence-electron chi connectivity index (χ1n) is 9.17. The molecule has 1 saturated heterocycles. The third kappa shape index (κ3) is 5.97. The number of ether oxygens (including phenoxy) is 2. The fourth-order valence-corrected chi connectivity index (χ4v) is 3.71. The number of para-hydroxylation sites is 1. The lowest BCUT2D eigenvalue weighted by Crippen LogP contribution is -2.27. The normalized spacial score (nSPS) is 16.3. The molecule has 1 N–H and O–H groups in total. The molecule has 0 saturated carbocycles. The van der Waals surface area contributed by atoms with Crippen molar-refractivity contribution in [3.8, 4) is 5.75 Å². The predicted molar refractivity (Wildman–Crippen MR) is 106 cm³/mol. The zero-order valence-corrected chi connectivity index (χ0v) is 16.0. The van der Waals surface area contributed by atoms with Crippen LogP contribution in [0.1, 0.15) is 28.8 Å². The van der Waals surface area contributed by atoms with E-state index in [0.29, 0.717) is 41.5 Å². The van der Waals surface area contributed by atoms with Crippen molar-refractivity contribution in [2.75, 3.05) is 25.5 Å². The maximum absolute atomic E-state index is 13.6. The van der Waals surface area contributed by atoms with Gasteiger partial charge in [0.15, 0.2) is 0 Å². The first-order chi connectivity index (χ1) is 13.2. The highest BCUT2D eigenvalue weighted by atomic mass is 32.2. The molecule has 3 rings (SSSR count). The van der Waals surface area contributed by atoms with Crippen molar-refractivity contribution in [2.24, 2.45) is 0 Å². The topological polar surface area (TPSA) is 47.6 Å². The third-order valence-corrected chi connectivity index (χ3v) is 5.34. The van der Waals surface area contributed by atoms with Crippen molar-refractivity contribution in [1.29, 1.82) is 0 Å². The maximum atomic E-state index is 13.6. The van der Waals surface area contributed by atoms with Crippen LogP contribution in [0.25, 0.3) is 0 Å². The second kappa shape index (κ2) is 10.3. The Labute approximate surface area is 163 Å². The van der Waals surface area contributed by atoms with Gasteiger partial charge in [-0.1, -0.05) is 30.3 Å². The molecule has 144 valence electrons. The zero-order valence-electron chi connectivity index (χ0n) is 15.2. The van der Waals surface area contributed by atoms with Gasteiger partial charge in [0.1, 0.15) is 18.2 Å². The van der Waals surface area contributed by atoms with E-state index in [4.69, 9.17) is 9.47 Å². The zero-order chi connectivity index (χ0) is 18.9. The molecule has 2 aromatic rings. The van der Waals surface area contributed by atoms with E-state index < -0.39 is 0 Å². The number of hydrogen-bond donors (Lipinski definition) is 1. The summed E-state index contributed by atoms with van der Waals surface area (Å²) >= 11 is 1.59. The second-order valence-electron chi connectivity index (χ2n) is 6.34. The largest absolute Gasteiger partial charge is 0.490 e. The Balaban J connectivity index is 1.43. The SMILES string of the molecule is O=C(NCCSCc1ccccc1F)c1ccccc1OCC1CCCO1. The smallest absolute Gasteiger partial charge is 0.255 e. The van der Waals surface area contributed by atoms with E-state index in [1.807, 2.05) is 18.2 Å². The number of benzene rings is 2. The van der Waals surface area contributed by atoms with Crippen LogP contribution in [0.3, 0.4) is 0 Å². The molecule has 1 atom stereocenters. The fraction of sp³-hybridized carbons (Fsp3) is 0.381. The molecule has 1 fully saturated rings. The van der Waals surface area contributed by atoms with Gasteiger partial charge in [0.2, 0.25) is 0 Å². The second-order valence-corrected chi connectivity index (χ2v) is 7.45. The van der Waals surface area contributed by atoms with E-state index in [0.717, 1.165) is 19.4 Å². The number of nitrogens with one attached hydrogen (secondary N) is 1. The summed E-state index contributed by atoms with van der Waals surface area (Å²) in [7, 11) is 0. The van der Waals surface area contributed by atoms with Crippen LogP contribution in [0.4, 0.5) is 4.39 Å². The molecule has 0 spiro atoms. The van der Waals surface area contributed by atoms with Crippen molar-refractivity contribution in [2.45, 2.75) is 24.7 Å². The van der Waals surface area contributed by atoms with Crippen LogP contribution in [0.5, 0.6) is 5.75 Å². The fourth-order valence-electron chi connectivity index (χ4n) is 2.87. The summed E-state index contributed by atoms with van der Waals surface area (Å²) in [5, 5.41) is 2.90. The van der Waals surface area contributed by atoms with E-state index in [1.54, 1.807) is 36.0 Å². The van der Waals surface area contributed by atoms with Crippen LogP contribution in [0, 0.1) is 5.82 Å². The Morgan fingerprint density at radius 2 is 2.04 bits per heavy atom. The lowest BCUT2D eigenvalue weighted by Gasteiger charge is -2.14. The minimum atomic E-state index is -0.189. The van der Waals surface area contributed by atoms with E-state index in [1.165, 1.54) is 6.07 Å². The van der Waals surface area contributed by atoms with Gasteiger partial charge in [-0.3, -0.25) is 4.79 Å². The van der Waals surface area contributed by atoms with Gasteiger partial charge in [-0.2, -0.15) is 11.8 Å². The molecule has 6 heteroatoms. The summed E-state index contributed by atoms with van der Waals surface area (Å²) in [6, 6.07) is 14.0. The molecular weight excluding hydrogens is 365 g/mol. The lowest BCUT2D eigenvalue weighted by molar-refractivity contribution is 0.0671. The first-order valence-corrected chi connectivity index (χ1v) is 10.3. The van der Waals surface area contributed by atoms with Crippen molar-refractivity contribution < 1.29 is 18.7 Å². The van der Waals surface area contributed by atoms with Crippen LogP contribution in [-0.2, 0) is 10.5 Å². The molecular formula is C21H24FNO3S. The minimum absolute atomic E-state index is 0.107. The molecule has 2 aromatic carbocycles. The van der Waals surface area contributed by atoms with Gasteiger partial charge in [-0.05, 0) is 36.6 Å². The third-order valence-electron chi connectivity index (χ3n) is 4.33. The van der Waals surface area contributed by atoms with Crippen LogP contribution < -0.4 is 10.1 Å². The monoisotopic (exact) mass is 389 g/mol. The molecule has 1 aliphatic heterocycles. The summed E-state index contributed by atoms with van der Waals surface area (Å²) in [5.41, 5.74) is 1.20. The van der Waals surface area contributed by atoms with Crippen LogP contribution in [0.15, 0.2) is 48.5 Å². The van der Waals surface area contributed by atoms with Crippen LogP contribution in [0.2, 0.25) is 0 Å². The van der Waals surface area contributed by atoms with E-state index in [9.17, 15) is 9.18 Å². The molecule has 0 aliphatic carbocycles. The van der Waals surface area contributed by atoms with Crippen molar-refractivity contribution in [3.05, 3.63) is 65.5 Å². The molecule has 0 bridgehead atoms. The molecule has 0 radical (unpaired) electrons. The van der Waals surface area contributed by atoms with Crippen LogP contribution >= 0.6 is 11.8 Å². The molecule has 27 heavy (non-hydrogen) atoms. The molecule has 1 amide bonds. The van der Waals surface area contributed by atoms with Gasteiger partial charge < -0.3 is 14.8 Å². The van der Waals surface area contributed by atoms with Gasteiger partial charge in [0.05, 0.1) is 11.7 Å². The van der Waals surface area contributed by atoms with Crippen molar-refractivity contribution in [3.63, 3.8) is 0 Å². The number of carbonyl (C=O) groups excluding carboxylic acids is 1. The van der Waals surface area contributed by atoms with Crippen molar-refractivity contribution in [1.82, 2.24) is 5.32 Å². The average Bonchev–Trinajstić information content (AvgIpc) is 3.21. The highest BCUT2D eigenvalue weighted by molar-refractivity contribution is 7.98. The highest BCUT2D eigenvalue weighted by Crippen LogP contribution is 2.20. The summed E-state index contributed by atoms with van der Waals surface area (Å²) in [6.07, 6.45) is 2.16. The first kappa shape index (κ1) is 19.7. The Morgan fingerprint density at radius 3 is 2.85 bits per heavy atom. The van der Waals surface area contributed by atoms with Crippen LogP contribution in [-0.4, -0.2) is 37.5 Å². The summed E-state index contributed by atoms with van der Waals surface area (Å²) in [5.74, 6) is 1.52. The molecule has 1 unspecified atom stereocenters. The molecule has 1 heterocycles. The van der Waals surface area contributed by atoms with Gasteiger partial charge in [0.25, 0.3) is 5.91 Å². The van der Waals surface area contributed by atoms with E-state index in [-0.39, 0.29) is 17.8 Å². The quantitative estimate of drug-likeness (QED) is 0.658. The molecule has 4 nitrogen and oxygen atoms in total. The number of rotatable bonds is 9. The van der Waals surface area contributed by atoms with Gasteiger partial charge in [0, 0.05) is 24.7 Å². The van der Waals surface area contributed by atoms with Gasteiger partial charge >= 0.3 is 0 Å². The number of halogens is 1. The van der Waals surface area contributed by atoms with Gasteiger partial charge in [-0.25, -0.2) is 4.39 Å². The standard InChI is InChI=1S/C21H24FNO3S/c22-19-9-3-1-6-16(19)15-27-13-11-23-21(24)18-8-2-4-10-20(18)26-14-17-7-5-12-25-17/h1-4,6,8-10,17H,5,7,11-15H2,(H,23,24). The summed E-state index contributed by atoms with van der Waals surface area (Å²) < 4.78 is 24.9. The van der Waals surface area contributed by atoms with E-state index >= 15 is 0 Å². The number of carbonyl (C=O) groups is 1. The molecule has 1 aliphatic rings. The van der Waals surface area contributed by atoms with E-state index in [2.05, 4.69) is 5.32 Å². The van der Waals surface area contributed by atoms with Crippen molar-refractivity contribution >= 4 is 17.7 Å². The minimum Gasteiger partial charge on any atom is -0.490 e. The lowest BCUT2D eigenvalue weighted by atomic mass is 10.2. The Bertz CT molecular complexity index is 750. The number of hydrogen-bond acceptors (Lipinski definition) is 4. The van der Waals surface area contributed by atoms with Gasteiger partial charge in [-0.15, -0.1) is 0 Å². The Morgan fingerprint density at radius 1 is 1.22 bits per heavy atom. The summed E-state index contributed by atoms with van der Waals surface area (Å²) in [4.78, 5) is 12.5. The maximum Gasteiger partial charge on any atom is 0.255 e. The predicted octanol–water partition coefficient (Wildman–Crippen LogP) is 4.05. The Hall–Kier alpha value is -2.05. The average molecular weight is 389 g/mol. The number of amides is 1. The molecule has 0 aromatic heterocycles. The summed E-state index contributed by atoms with van der Waals surface area (Å²) in [6.45, 7) is 1.75. The highest BCUT2D eigenvalue weighted by Gasteiger charge is 2.18. The number of thioether (sulfide) groups is 1.